The molecule has 0 aromatic heterocycles. The van der Waals surface area contributed by atoms with Crippen molar-refractivity contribution in [2.75, 3.05) is 0 Å². The van der Waals surface area contributed by atoms with Gasteiger partial charge in [0.15, 0.2) is 0 Å². The molecule has 0 radical (unpaired) electrons. The number of rotatable bonds is 4. The highest BCUT2D eigenvalue weighted by Gasteiger charge is 2.17. The predicted molar refractivity (Wildman–Crippen MR) is 116 cm³/mol. The summed E-state index contributed by atoms with van der Waals surface area (Å²) < 4.78 is 77.9. The van der Waals surface area contributed by atoms with Crippen molar-refractivity contribution in [2.45, 2.75) is 9.79 Å². The molecular formula is C14H7Cl5F2O8S3. The van der Waals surface area contributed by atoms with Crippen molar-refractivity contribution in [1.82, 2.24) is 0 Å². The molecule has 0 unspecified atom stereocenters. The average molecular weight is 615 g/mol. The van der Waals surface area contributed by atoms with Crippen molar-refractivity contribution < 1.29 is 44.5 Å². The number of hydrogen-bond acceptors (Lipinski definition) is 7. The zero-order valence-corrected chi connectivity index (χ0v) is 20.9. The fourth-order valence-electron chi connectivity index (χ4n) is 1.63. The van der Waals surface area contributed by atoms with E-state index < -0.39 is 66.2 Å². The standard InChI is InChI=1S/C7H3Cl2FO3S.C7H4ClFO4S.Cl2OS/c8-7(11)5-3-4(14(9,12)13)1-2-6(5)10;8-14(12,13)4-1-2-6(9)5(3-4)7(10)11;1-4(2)3/h1-3H;1-3H,(H,10,11);. The van der Waals surface area contributed by atoms with E-state index in [4.69, 9.17) is 42.3 Å². The SMILES string of the molecule is O=C(Cl)c1cc(S(=O)(=O)Cl)ccc1F.O=C(O)c1cc(S(=O)(=O)Cl)ccc1F.O=S(Cl)Cl. The van der Waals surface area contributed by atoms with Crippen molar-refractivity contribution in [2.24, 2.45) is 0 Å². The van der Waals surface area contributed by atoms with Gasteiger partial charge in [0.05, 0.1) is 20.9 Å². The van der Waals surface area contributed by atoms with Gasteiger partial charge in [0.2, 0.25) is 9.23 Å². The second kappa shape index (κ2) is 13.0. The second-order valence-corrected chi connectivity index (χ2v) is 12.9. The highest BCUT2D eigenvalue weighted by Crippen LogP contribution is 2.20. The first-order valence-electron chi connectivity index (χ1n) is 7.03. The summed E-state index contributed by atoms with van der Waals surface area (Å²) in [4.78, 5) is 20.2. The molecule has 0 heterocycles. The van der Waals surface area contributed by atoms with Crippen molar-refractivity contribution in [3.63, 3.8) is 0 Å². The molecule has 1 N–H and O–H groups in total. The molecule has 178 valence electrons. The van der Waals surface area contributed by atoms with E-state index in [1.54, 1.807) is 0 Å². The van der Waals surface area contributed by atoms with Gasteiger partial charge in [0.25, 0.3) is 23.3 Å². The van der Waals surface area contributed by atoms with Crippen molar-refractivity contribution in [1.29, 1.82) is 0 Å². The summed E-state index contributed by atoms with van der Waals surface area (Å²) in [5, 5.41) is 7.40. The monoisotopic (exact) mass is 612 g/mol. The molecule has 0 spiro atoms. The van der Waals surface area contributed by atoms with E-state index in [-0.39, 0.29) is 4.90 Å². The van der Waals surface area contributed by atoms with Crippen LogP contribution in [0, 0.1) is 11.6 Å². The molecule has 18 heteroatoms. The van der Waals surface area contributed by atoms with E-state index in [0.717, 1.165) is 30.3 Å². The molecule has 0 saturated heterocycles. The summed E-state index contributed by atoms with van der Waals surface area (Å²) >= 11 is 5.01. The number of halogens is 7. The summed E-state index contributed by atoms with van der Waals surface area (Å²) in [6, 6.07) is 4.84. The van der Waals surface area contributed by atoms with Crippen LogP contribution in [0.3, 0.4) is 0 Å². The van der Waals surface area contributed by atoms with Crippen LogP contribution in [0.5, 0.6) is 0 Å². The Bertz CT molecular complexity index is 1160. The Hall–Kier alpha value is -1.06. The number of benzene rings is 2. The Morgan fingerprint density at radius 2 is 1.12 bits per heavy atom. The minimum Gasteiger partial charge on any atom is -0.478 e. The molecule has 0 fully saturated rings. The summed E-state index contributed by atoms with van der Waals surface area (Å²) in [6.45, 7) is 0. The van der Waals surface area contributed by atoms with Gasteiger partial charge in [-0.3, -0.25) is 4.79 Å². The molecule has 32 heavy (non-hydrogen) atoms. The van der Waals surface area contributed by atoms with E-state index in [1.807, 2.05) is 0 Å². The molecule has 0 aliphatic carbocycles. The maximum atomic E-state index is 12.9. The van der Waals surface area contributed by atoms with Crippen LogP contribution >= 0.6 is 54.3 Å². The van der Waals surface area contributed by atoms with Crippen LogP contribution in [0.15, 0.2) is 46.2 Å². The number of carboxylic acids is 1. The number of carbonyl (C=O) groups is 2. The third-order valence-corrected chi connectivity index (χ3v) is 5.79. The fraction of sp³-hybridized carbons (Fsp3) is 0. The van der Waals surface area contributed by atoms with Gasteiger partial charge in [-0.15, -0.1) is 0 Å². The number of carboxylic acid groups (broad SMARTS) is 1. The van der Waals surface area contributed by atoms with Gasteiger partial charge in [0, 0.05) is 42.7 Å². The molecule has 2 rings (SSSR count). The Balaban J connectivity index is 0.000000515. The summed E-state index contributed by atoms with van der Waals surface area (Å²) in [5.41, 5.74) is -1.25. The maximum absolute atomic E-state index is 12.9. The van der Waals surface area contributed by atoms with Crippen LogP contribution < -0.4 is 0 Å². The van der Waals surface area contributed by atoms with Gasteiger partial charge in [-0.25, -0.2) is 34.6 Å². The lowest BCUT2D eigenvalue weighted by molar-refractivity contribution is 0.0691. The minimum absolute atomic E-state index is 0.371. The lowest BCUT2D eigenvalue weighted by Gasteiger charge is -1.99. The molecular weight excluding hydrogens is 608 g/mol. The Morgan fingerprint density at radius 1 is 0.812 bits per heavy atom. The zero-order chi connectivity index (χ0) is 25.4. The van der Waals surface area contributed by atoms with E-state index in [9.17, 15) is 35.2 Å². The minimum atomic E-state index is -4.03. The Morgan fingerprint density at radius 3 is 1.41 bits per heavy atom. The van der Waals surface area contributed by atoms with Crippen LogP contribution in [0.25, 0.3) is 0 Å². The van der Waals surface area contributed by atoms with Crippen LogP contribution in [0.2, 0.25) is 0 Å². The lowest BCUT2D eigenvalue weighted by atomic mass is 10.2. The molecule has 0 saturated carbocycles. The first-order chi connectivity index (χ1) is 14.4. The predicted octanol–water partition coefficient (Wildman–Crippen LogP) is 4.63. The largest absolute Gasteiger partial charge is 0.478 e. The van der Waals surface area contributed by atoms with Crippen LogP contribution in [0.1, 0.15) is 20.7 Å². The molecule has 0 bridgehead atoms. The van der Waals surface area contributed by atoms with Crippen LogP contribution in [-0.4, -0.2) is 37.4 Å². The van der Waals surface area contributed by atoms with Gasteiger partial charge in [-0.2, -0.15) is 0 Å². The highest BCUT2D eigenvalue weighted by molar-refractivity contribution is 8.26. The summed E-state index contributed by atoms with van der Waals surface area (Å²) in [6.07, 6.45) is 0. The first-order valence-corrected chi connectivity index (χ1v) is 14.8. The van der Waals surface area contributed by atoms with Crippen molar-refractivity contribution in [3.8, 4) is 0 Å². The molecule has 0 amide bonds. The van der Waals surface area contributed by atoms with E-state index in [1.165, 1.54) is 0 Å². The van der Waals surface area contributed by atoms with E-state index >= 15 is 0 Å². The van der Waals surface area contributed by atoms with E-state index in [0.29, 0.717) is 6.07 Å². The highest BCUT2D eigenvalue weighted by atomic mass is 36.0. The number of carbonyl (C=O) groups excluding carboxylic acids is 1. The summed E-state index contributed by atoms with van der Waals surface area (Å²) in [7, 11) is 9.27. The van der Waals surface area contributed by atoms with E-state index in [2.05, 4.69) is 21.4 Å². The topological polar surface area (TPSA) is 140 Å². The van der Waals surface area contributed by atoms with Gasteiger partial charge in [-0.05, 0) is 48.0 Å². The van der Waals surface area contributed by atoms with Crippen LogP contribution in [0.4, 0.5) is 8.78 Å². The van der Waals surface area contributed by atoms with Crippen molar-refractivity contribution in [3.05, 3.63) is 59.2 Å². The van der Waals surface area contributed by atoms with Gasteiger partial charge >= 0.3 is 5.97 Å². The maximum Gasteiger partial charge on any atom is 0.338 e. The quantitative estimate of drug-likeness (QED) is 0.492. The molecule has 0 aliphatic heterocycles. The Labute approximate surface area is 205 Å². The van der Waals surface area contributed by atoms with Gasteiger partial charge in [-0.1, -0.05) is 0 Å². The molecule has 0 aliphatic rings. The van der Waals surface area contributed by atoms with Crippen molar-refractivity contribution >= 4 is 92.9 Å². The number of hydrogen-bond donors (Lipinski definition) is 1. The normalized spacial score (nSPS) is 11.0. The third kappa shape index (κ3) is 11.2. The van der Waals surface area contributed by atoms with Gasteiger partial charge < -0.3 is 5.11 Å². The van der Waals surface area contributed by atoms with Gasteiger partial charge in [0.1, 0.15) is 11.6 Å². The molecule has 0 atom stereocenters. The fourth-order valence-corrected chi connectivity index (χ4v) is 3.33. The Kier molecular flexibility index (Phi) is 12.6. The second-order valence-electron chi connectivity index (χ2n) is 4.92. The lowest BCUT2D eigenvalue weighted by Crippen LogP contribution is -2.02. The molecule has 2 aromatic carbocycles. The smallest absolute Gasteiger partial charge is 0.338 e. The molecule has 8 nitrogen and oxygen atoms in total. The summed E-state index contributed by atoms with van der Waals surface area (Å²) in [5.74, 6) is -3.46. The average Bonchev–Trinajstić information content (AvgIpc) is 2.60. The third-order valence-electron chi connectivity index (χ3n) is 2.88. The molecule has 2 aromatic rings. The zero-order valence-electron chi connectivity index (χ0n) is 14.6. The first kappa shape index (κ1) is 30.9. The number of aromatic carboxylic acids is 1. The van der Waals surface area contributed by atoms with Crippen LogP contribution in [-0.2, 0) is 27.3 Å².